The third-order valence-corrected chi connectivity index (χ3v) is 4.10. The molecule has 2 rings (SSSR count). The van der Waals surface area contributed by atoms with E-state index in [-0.39, 0.29) is 129 Å². The largest absolute Gasteiger partial charge is 0.295 e. The molecule has 0 saturated heterocycles. The average molecular weight is 380 g/mol. The Bertz CT molecular complexity index is 836. The topological polar surface area (TPSA) is 109 Å². The predicted octanol–water partition coefficient (Wildman–Crippen LogP) is -0.190. The van der Waals surface area contributed by atoms with Crippen molar-refractivity contribution in [3.05, 3.63) is 36.4 Å². The van der Waals surface area contributed by atoms with E-state index in [0.717, 1.165) is 6.07 Å². The summed E-state index contributed by atoms with van der Waals surface area (Å²) in [6.07, 6.45) is 0. The Morgan fingerprint density at radius 2 is 1.23 bits per heavy atom. The quantitative estimate of drug-likeness (QED) is 0.552. The van der Waals surface area contributed by atoms with E-state index in [9.17, 15) is 16.8 Å². The molecule has 0 unspecified atom stereocenters. The van der Waals surface area contributed by atoms with E-state index in [2.05, 4.69) is 0 Å². The molecule has 2 aromatic rings. The van der Waals surface area contributed by atoms with Gasteiger partial charge in [-0.05, 0) is 17.5 Å². The van der Waals surface area contributed by atoms with Gasteiger partial charge in [0, 0.05) is 124 Å². The van der Waals surface area contributed by atoms with Crippen molar-refractivity contribution < 1.29 is 25.9 Å². The maximum atomic E-state index is 11.2. The van der Waals surface area contributed by atoms with Gasteiger partial charge in [-0.1, -0.05) is 24.3 Å². The van der Waals surface area contributed by atoms with E-state index in [4.69, 9.17) is 9.11 Å². The van der Waals surface area contributed by atoms with Gasteiger partial charge in [0.25, 0.3) is 20.2 Å². The van der Waals surface area contributed by atoms with Crippen molar-refractivity contribution in [2.45, 2.75) is 9.79 Å². The SMILES string of the molecule is O=S(=O)(O)c1cc(S(=O)(=O)O)c2ccccc2c1.[Na].[Na].[Na].[Na]. The summed E-state index contributed by atoms with van der Waals surface area (Å²) < 4.78 is 62.5. The van der Waals surface area contributed by atoms with Crippen LogP contribution in [0.4, 0.5) is 0 Å². The van der Waals surface area contributed by atoms with Crippen LogP contribution in [0.1, 0.15) is 0 Å². The molecule has 2 N–H and O–H groups in total. The van der Waals surface area contributed by atoms with Gasteiger partial charge in [-0.25, -0.2) is 0 Å². The van der Waals surface area contributed by atoms with Crippen LogP contribution in [-0.4, -0.2) is 144 Å². The van der Waals surface area contributed by atoms with Gasteiger partial charge in [0.2, 0.25) is 0 Å². The fraction of sp³-hybridized carbons (Fsp3) is 0. The third kappa shape index (κ3) is 7.41. The molecule has 2 aromatic carbocycles. The van der Waals surface area contributed by atoms with Crippen molar-refractivity contribution in [1.82, 2.24) is 0 Å². The minimum absolute atomic E-state index is 0. The summed E-state index contributed by atoms with van der Waals surface area (Å²) in [4.78, 5) is -1.15. The van der Waals surface area contributed by atoms with Crippen LogP contribution in [-0.2, 0) is 20.2 Å². The van der Waals surface area contributed by atoms with E-state index < -0.39 is 30.0 Å². The zero-order valence-corrected chi connectivity index (χ0v) is 22.4. The predicted molar refractivity (Wildman–Crippen MR) is 86.6 cm³/mol. The molecule has 0 amide bonds. The van der Waals surface area contributed by atoms with Crippen molar-refractivity contribution in [3.8, 4) is 0 Å². The zero-order chi connectivity index (χ0) is 13.6. The summed E-state index contributed by atoms with van der Waals surface area (Å²) in [6, 6.07) is 7.85. The summed E-state index contributed by atoms with van der Waals surface area (Å²) in [7, 11) is -9.14. The molecule has 0 bridgehead atoms. The first-order chi connectivity index (χ1) is 8.19. The molecule has 0 aliphatic carbocycles. The van der Waals surface area contributed by atoms with Gasteiger partial charge in [-0.3, -0.25) is 9.11 Å². The van der Waals surface area contributed by atoms with Gasteiger partial charge in [-0.15, -0.1) is 0 Å². The Morgan fingerprint density at radius 3 is 1.68 bits per heavy atom. The molecule has 0 spiro atoms. The molecule has 22 heavy (non-hydrogen) atoms. The Hall–Kier alpha value is 2.52. The van der Waals surface area contributed by atoms with Crippen molar-refractivity contribution in [2.24, 2.45) is 0 Å². The second-order valence-corrected chi connectivity index (χ2v) is 6.40. The third-order valence-electron chi connectivity index (χ3n) is 2.37. The standard InChI is InChI=1S/C10H8O6S2.4Na/c11-17(12,13)8-5-7-3-1-2-4-9(7)10(6-8)18(14,15)16;;;;/h1-6H,(H,11,12,13)(H,14,15,16);;;;. The maximum absolute atomic E-state index is 11.2. The molecular weight excluding hydrogens is 372 g/mol. The van der Waals surface area contributed by atoms with E-state index in [1.54, 1.807) is 12.1 Å². The summed E-state index contributed by atoms with van der Waals surface area (Å²) in [6.45, 7) is 0. The van der Waals surface area contributed by atoms with Crippen molar-refractivity contribution in [2.75, 3.05) is 0 Å². The molecular formula is C10H8Na4O6S2. The van der Waals surface area contributed by atoms with Gasteiger partial charge in [0.15, 0.2) is 0 Å². The second-order valence-electron chi connectivity index (χ2n) is 3.59. The molecule has 0 fully saturated rings. The first-order valence-corrected chi connectivity index (χ1v) is 7.55. The summed E-state index contributed by atoms with van der Waals surface area (Å²) in [5, 5.41) is 0.452. The van der Waals surface area contributed by atoms with Gasteiger partial charge >= 0.3 is 0 Å². The van der Waals surface area contributed by atoms with Gasteiger partial charge in [0.05, 0.1) is 4.90 Å². The van der Waals surface area contributed by atoms with Crippen LogP contribution in [0.25, 0.3) is 10.8 Å². The van der Waals surface area contributed by atoms with Crippen molar-refractivity contribution in [1.29, 1.82) is 0 Å². The molecule has 0 aliphatic rings. The summed E-state index contributed by atoms with van der Waals surface area (Å²) >= 11 is 0. The van der Waals surface area contributed by atoms with Crippen LogP contribution >= 0.6 is 0 Å². The van der Waals surface area contributed by atoms with E-state index in [1.165, 1.54) is 12.1 Å². The molecule has 4 radical (unpaired) electrons. The van der Waals surface area contributed by atoms with E-state index >= 15 is 0 Å². The van der Waals surface area contributed by atoms with Crippen LogP contribution in [0.2, 0.25) is 0 Å². The Morgan fingerprint density at radius 1 is 0.727 bits per heavy atom. The summed E-state index contributed by atoms with van der Waals surface area (Å²) in [5.41, 5.74) is 0. The number of hydrogen-bond donors (Lipinski definition) is 2. The van der Waals surface area contributed by atoms with Crippen LogP contribution in [0.5, 0.6) is 0 Å². The minimum Gasteiger partial charge on any atom is -0.282 e. The summed E-state index contributed by atoms with van der Waals surface area (Å²) in [5.74, 6) is 0. The van der Waals surface area contributed by atoms with Gasteiger partial charge in [-0.2, -0.15) is 16.8 Å². The molecule has 0 heterocycles. The molecule has 12 heteroatoms. The van der Waals surface area contributed by atoms with Crippen LogP contribution < -0.4 is 0 Å². The van der Waals surface area contributed by atoms with Crippen molar-refractivity contribution in [3.63, 3.8) is 0 Å². The van der Waals surface area contributed by atoms with Gasteiger partial charge < -0.3 is 0 Å². The number of benzene rings is 2. The van der Waals surface area contributed by atoms with E-state index in [0.29, 0.717) is 6.07 Å². The smallest absolute Gasteiger partial charge is 0.282 e. The molecule has 0 aliphatic heterocycles. The Labute approximate surface area is 217 Å². The fourth-order valence-electron chi connectivity index (χ4n) is 1.61. The first-order valence-electron chi connectivity index (χ1n) is 4.67. The fourth-order valence-corrected chi connectivity index (χ4v) is 2.97. The molecule has 0 aromatic heterocycles. The molecule has 6 nitrogen and oxygen atoms in total. The Kier molecular flexibility index (Phi) is 15.0. The average Bonchev–Trinajstić information content (AvgIpc) is 2.25. The monoisotopic (exact) mass is 380 g/mol. The first kappa shape index (κ1) is 29.3. The molecule has 100 valence electrons. The van der Waals surface area contributed by atoms with Crippen LogP contribution in [0, 0.1) is 0 Å². The molecule has 0 atom stereocenters. The zero-order valence-electron chi connectivity index (χ0n) is 12.8. The minimum atomic E-state index is -4.59. The number of hydrogen-bond acceptors (Lipinski definition) is 4. The second kappa shape index (κ2) is 11.3. The normalized spacial score (nSPS) is 10.5. The van der Waals surface area contributed by atoms with E-state index in [1.807, 2.05) is 0 Å². The van der Waals surface area contributed by atoms with Gasteiger partial charge in [0.1, 0.15) is 4.90 Å². The van der Waals surface area contributed by atoms with Crippen molar-refractivity contribution >= 4 is 149 Å². The molecule has 0 saturated carbocycles. The number of fused-ring (bicyclic) bond motifs is 1. The maximum Gasteiger partial charge on any atom is 0.295 e. The Balaban J connectivity index is -0.000000902. The number of rotatable bonds is 2. The van der Waals surface area contributed by atoms with Crippen LogP contribution in [0.15, 0.2) is 46.2 Å². The van der Waals surface area contributed by atoms with Crippen LogP contribution in [0.3, 0.4) is 0 Å².